The summed E-state index contributed by atoms with van der Waals surface area (Å²) in [6.07, 6.45) is 5.97. The van der Waals surface area contributed by atoms with Crippen molar-refractivity contribution >= 4 is 11.8 Å². The van der Waals surface area contributed by atoms with Crippen molar-refractivity contribution in [1.82, 2.24) is 10.2 Å². The Bertz CT molecular complexity index is 764. The standard InChI is InChI=1S/C24H36N2O4/c1-17(2)12-15-26-20-10-5-6-13-24(20,14-11-21(26)27)23(28)25-16-18-8-7-9-19(29-3)22(18)30-4/h7-9,17,20H,5-6,10-16H2,1-4H3,(H,25,28)/t20-,24-/m1/s1. The Balaban J connectivity index is 1.78. The first kappa shape index (κ1) is 22.4. The smallest absolute Gasteiger partial charge is 0.228 e. The van der Waals surface area contributed by atoms with Gasteiger partial charge in [-0.2, -0.15) is 0 Å². The van der Waals surface area contributed by atoms with Crippen molar-refractivity contribution in [2.45, 2.75) is 71.4 Å². The zero-order valence-corrected chi connectivity index (χ0v) is 18.8. The first-order chi connectivity index (χ1) is 14.4. The van der Waals surface area contributed by atoms with Crippen molar-refractivity contribution in [3.63, 3.8) is 0 Å². The number of ether oxygens (including phenoxy) is 2. The number of carbonyl (C=O) groups excluding carboxylic acids is 2. The molecule has 0 unspecified atom stereocenters. The van der Waals surface area contributed by atoms with Crippen molar-refractivity contribution in [3.8, 4) is 11.5 Å². The van der Waals surface area contributed by atoms with Gasteiger partial charge in [0.1, 0.15) is 0 Å². The van der Waals surface area contributed by atoms with Gasteiger partial charge in [0.05, 0.1) is 19.6 Å². The third kappa shape index (κ3) is 4.42. The Labute approximate surface area is 180 Å². The summed E-state index contributed by atoms with van der Waals surface area (Å²) in [6.45, 7) is 5.49. The van der Waals surface area contributed by atoms with Gasteiger partial charge in [0.15, 0.2) is 11.5 Å². The average molecular weight is 417 g/mol. The maximum Gasteiger partial charge on any atom is 0.228 e. The molecule has 1 saturated carbocycles. The summed E-state index contributed by atoms with van der Waals surface area (Å²) in [4.78, 5) is 28.3. The molecule has 1 aliphatic carbocycles. The van der Waals surface area contributed by atoms with Gasteiger partial charge in [0, 0.05) is 31.1 Å². The lowest BCUT2D eigenvalue weighted by Gasteiger charge is -2.51. The summed E-state index contributed by atoms with van der Waals surface area (Å²) in [6, 6.07) is 5.70. The molecule has 1 heterocycles. The molecule has 0 radical (unpaired) electrons. The number of nitrogens with zero attached hydrogens (tertiary/aromatic N) is 1. The first-order valence-electron chi connectivity index (χ1n) is 11.2. The Hall–Kier alpha value is -2.24. The van der Waals surface area contributed by atoms with Gasteiger partial charge in [-0.1, -0.05) is 38.8 Å². The number of nitrogens with one attached hydrogen (secondary N) is 1. The Morgan fingerprint density at radius 2 is 2.03 bits per heavy atom. The number of hydrogen-bond acceptors (Lipinski definition) is 4. The predicted octanol–water partition coefficient (Wildman–Crippen LogP) is 3.92. The van der Waals surface area contributed by atoms with E-state index in [9.17, 15) is 9.59 Å². The Kier molecular flexibility index (Phi) is 7.27. The quantitative estimate of drug-likeness (QED) is 0.697. The molecule has 2 amide bonds. The molecule has 2 fully saturated rings. The zero-order valence-electron chi connectivity index (χ0n) is 18.8. The minimum Gasteiger partial charge on any atom is -0.493 e. The zero-order chi connectivity index (χ0) is 21.7. The van der Waals surface area contributed by atoms with Crippen LogP contribution in [0.2, 0.25) is 0 Å². The van der Waals surface area contributed by atoms with Crippen LogP contribution in [0.1, 0.15) is 64.4 Å². The summed E-state index contributed by atoms with van der Waals surface area (Å²) in [5.41, 5.74) is 0.410. The fraction of sp³-hybridized carbons (Fsp3) is 0.667. The van der Waals surface area contributed by atoms with Crippen LogP contribution in [-0.2, 0) is 16.1 Å². The maximum atomic E-state index is 13.6. The molecule has 6 heteroatoms. The number of likely N-dealkylation sites (tertiary alicyclic amines) is 1. The Morgan fingerprint density at radius 1 is 1.23 bits per heavy atom. The summed E-state index contributed by atoms with van der Waals surface area (Å²) < 4.78 is 10.9. The van der Waals surface area contributed by atoms with Crippen molar-refractivity contribution < 1.29 is 19.1 Å². The molecule has 30 heavy (non-hydrogen) atoms. The molecule has 2 atom stereocenters. The van der Waals surface area contributed by atoms with Crippen LogP contribution in [0.5, 0.6) is 11.5 Å². The molecule has 1 saturated heterocycles. The molecule has 0 aromatic heterocycles. The van der Waals surface area contributed by atoms with Gasteiger partial charge in [-0.25, -0.2) is 0 Å². The van der Waals surface area contributed by atoms with Gasteiger partial charge < -0.3 is 19.7 Å². The second-order valence-corrected chi connectivity index (χ2v) is 9.02. The van der Waals surface area contributed by atoms with E-state index in [0.29, 0.717) is 36.8 Å². The lowest BCUT2D eigenvalue weighted by atomic mass is 9.64. The van der Waals surface area contributed by atoms with E-state index in [4.69, 9.17) is 9.47 Å². The summed E-state index contributed by atoms with van der Waals surface area (Å²) >= 11 is 0. The van der Waals surface area contributed by atoms with Crippen molar-refractivity contribution in [2.75, 3.05) is 20.8 Å². The number of piperidine rings is 1. The van der Waals surface area contributed by atoms with Crippen LogP contribution in [0.3, 0.4) is 0 Å². The van der Waals surface area contributed by atoms with E-state index in [1.807, 2.05) is 23.1 Å². The molecule has 2 aliphatic rings. The van der Waals surface area contributed by atoms with E-state index in [-0.39, 0.29) is 17.9 Å². The highest BCUT2D eigenvalue weighted by atomic mass is 16.5. The van der Waals surface area contributed by atoms with E-state index in [1.165, 1.54) is 0 Å². The third-order valence-electron chi connectivity index (χ3n) is 6.79. The van der Waals surface area contributed by atoms with Gasteiger partial charge in [0.25, 0.3) is 0 Å². The lowest BCUT2D eigenvalue weighted by molar-refractivity contribution is -0.155. The van der Waals surface area contributed by atoms with E-state index in [2.05, 4.69) is 19.2 Å². The number of amides is 2. The van der Waals surface area contributed by atoms with Crippen LogP contribution < -0.4 is 14.8 Å². The van der Waals surface area contributed by atoms with Crippen LogP contribution in [0.25, 0.3) is 0 Å². The normalized spacial score (nSPS) is 23.8. The molecule has 0 spiro atoms. The van der Waals surface area contributed by atoms with Crippen LogP contribution >= 0.6 is 0 Å². The topological polar surface area (TPSA) is 67.9 Å². The van der Waals surface area contributed by atoms with Crippen LogP contribution in [0, 0.1) is 11.3 Å². The number of carbonyl (C=O) groups is 2. The number of fused-ring (bicyclic) bond motifs is 1. The summed E-state index contributed by atoms with van der Waals surface area (Å²) in [5, 5.41) is 3.17. The van der Waals surface area contributed by atoms with E-state index in [1.54, 1.807) is 14.2 Å². The highest BCUT2D eigenvalue weighted by Gasteiger charge is 2.52. The van der Waals surface area contributed by atoms with Gasteiger partial charge >= 0.3 is 0 Å². The maximum absolute atomic E-state index is 13.6. The second-order valence-electron chi connectivity index (χ2n) is 9.02. The van der Waals surface area contributed by atoms with Crippen LogP contribution in [0.15, 0.2) is 18.2 Å². The molecule has 1 aromatic rings. The number of hydrogen-bond donors (Lipinski definition) is 1. The van der Waals surface area contributed by atoms with E-state index in [0.717, 1.165) is 44.2 Å². The largest absolute Gasteiger partial charge is 0.493 e. The summed E-state index contributed by atoms with van der Waals surface area (Å²) in [7, 11) is 3.22. The number of methoxy groups -OCH3 is 2. The first-order valence-corrected chi connectivity index (χ1v) is 11.2. The van der Waals surface area contributed by atoms with Gasteiger partial charge in [-0.3, -0.25) is 9.59 Å². The lowest BCUT2D eigenvalue weighted by Crippen LogP contribution is -2.61. The Morgan fingerprint density at radius 3 is 2.73 bits per heavy atom. The third-order valence-corrected chi connectivity index (χ3v) is 6.79. The van der Waals surface area contributed by atoms with Crippen molar-refractivity contribution in [2.24, 2.45) is 11.3 Å². The number of rotatable bonds is 8. The fourth-order valence-electron chi connectivity index (χ4n) is 5.11. The van der Waals surface area contributed by atoms with Crippen LogP contribution in [0.4, 0.5) is 0 Å². The molecule has 1 N–H and O–H groups in total. The van der Waals surface area contributed by atoms with Gasteiger partial charge in [0.2, 0.25) is 11.8 Å². The average Bonchev–Trinajstić information content (AvgIpc) is 2.76. The molecule has 1 aromatic carbocycles. The molecule has 1 aliphatic heterocycles. The van der Waals surface area contributed by atoms with Crippen LogP contribution in [-0.4, -0.2) is 43.5 Å². The van der Waals surface area contributed by atoms with Gasteiger partial charge in [-0.15, -0.1) is 0 Å². The second kappa shape index (κ2) is 9.71. The van der Waals surface area contributed by atoms with E-state index >= 15 is 0 Å². The predicted molar refractivity (Wildman–Crippen MR) is 116 cm³/mol. The molecule has 166 valence electrons. The summed E-state index contributed by atoms with van der Waals surface area (Å²) in [5.74, 6) is 2.11. The molecular formula is C24H36N2O4. The highest BCUT2D eigenvalue weighted by molar-refractivity contribution is 5.88. The van der Waals surface area contributed by atoms with Crippen molar-refractivity contribution in [3.05, 3.63) is 23.8 Å². The monoisotopic (exact) mass is 416 g/mol. The molecule has 0 bridgehead atoms. The van der Waals surface area contributed by atoms with Crippen molar-refractivity contribution in [1.29, 1.82) is 0 Å². The number of benzene rings is 1. The van der Waals surface area contributed by atoms with E-state index < -0.39 is 5.41 Å². The SMILES string of the molecule is COc1cccc(CNC(=O)[C@@]23CCCC[C@H]2N(CCC(C)C)C(=O)CC3)c1OC. The molecule has 3 rings (SSSR count). The number of para-hydroxylation sites is 1. The van der Waals surface area contributed by atoms with Gasteiger partial charge in [-0.05, 0) is 37.7 Å². The molecular weight excluding hydrogens is 380 g/mol. The fourth-order valence-corrected chi connectivity index (χ4v) is 5.11. The molecule has 6 nitrogen and oxygen atoms in total. The highest BCUT2D eigenvalue weighted by Crippen LogP contribution is 2.47. The minimum absolute atomic E-state index is 0.0125. The minimum atomic E-state index is -0.477.